The Kier molecular flexibility index (Phi) is 3.78. The normalized spacial score (nSPS) is 15.2. The molecule has 3 heterocycles. The van der Waals surface area contributed by atoms with Crippen LogP contribution in [0.4, 0.5) is 5.82 Å². The summed E-state index contributed by atoms with van der Waals surface area (Å²) in [7, 11) is 1.64. The highest BCUT2D eigenvalue weighted by atomic mass is 16.5. The largest absolute Gasteiger partial charge is 0.495 e. The van der Waals surface area contributed by atoms with Crippen LogP contribution in [0.5, 0.6) is 5.75 Å². The third-order valence-corrected chi connectivity index (χ3v) is 3.37. The Hall–Kier alpha value is -2.14. The Morgan fingerprint density at radius 3 is 2.65 bits per heavy atom. The van der Waals surface area contributed by atoms with Crippen LogP contribution < -0.4 is 9.64 Å². The molecule has 2 aromatic heterocycles. The van der Waals surface area contributed by atoms with E-state index in [1.165, 1.54) is 0 Å². The Morgan fingerprint density at radius 2 is 1.95 bits per heavy atom. The number of hydrogen-bond donors (Lipinski definition) is 0. The first kappa shape index (κ1) is 12.9. The van der Waals surface area contributed by atoms with Crippen molar-refractivity contribution in [1.82, 2.24) is 9.97 Å². The number of hydrogen-bond acceptors (Lipinski definition) is 5. The van der Waals surface area contributed by atoms with E-state index in [0.29, 0.717) is 0 Å². The summed E-state index contributed by atoms with van der Waals surface area (Å²) >= 11 is 0. The zero-order valence-corrected chi connectivity index (χ0v) is 11.5. The van der Waals surface area contributed by atoms with Gasteiger partial charge < -0.3 is 14.4 Å². The van der Waals surface area contributed by atoms with E-state index >= 15 is 0 Å². The summed E-state index contributed by atoms with van der Waals surface area (Å²) in [4.78, 5) is 10.9. The van der Waals surface area contributed by atoms with Gasteiger partial charge in [0.25, 0.3) is 0 Å². The zero-order chi connectivity index (χ0) is 13.8. The van der Waals surface area contributed by atoms with Gasteiger partial charge in [0.2, 0.25) is 0 Å². The molecular formula is C15H17N3O2. The van der Waals surface area contributed by atoms with Gasteiger partial charge in [0.05, 0.1) is 26.5 Å². The summed E-state index contributed by atoms with van der Waals surface area (Å²) < 4.78 is 10.5. The third kappa shape index (κ3) is 2.72. The summed E-state index contributed by atoms with van der Waals surface area (Å²) in [5.74, 6) is 1.74. The third-order valence-electron chi connectivity index (χ3n) is 3.37. The molecule has 20 heavy (non-hydrogen) atoms. The van der Waals surface area contributed by atoms with Crippen molar-refractivity contribution in [2.75, 3.05) is 38.3 Å². The quantitative estimate of drug-likeness (QED) is 0.854. The Labute approximate surface area is 118 Å². The van der Waals surface area contributed by atoms with E-state index in [1.54, 1.807) is 13.3 Å². The number of ether oxygens (including phenoxy) is 2. The molecule has 3 rings (SSSR count). The predicted octanol–water partition coefficient (Wildman–Crippen LogP) is 1.99. The van der Waals surface area contributed by atoms with Crippen molar-refractivity contribution < 1.29 is 9.47 Å². The number of rotatable bonds is 3. The molecule has 0 bridgehead atoms. The van der Waals surface area contributed by atoms with Gasteiger partial charge in [0, 0.05) is 36.6 Å². The number of aromatic nitrogens is 2. The fraction of sp³-hybridized carbons (Fsp3) is 0.333. The molecule has 0 unspecified atom stereocenters. The van der Waals surface area contributed by atoms with Crippen LogP contribution in [0, 0.1) is 0 Å². The predicted molar refractivity (Wildman–Crippen MR) is 77.1 cm³/mol. The molecule has 1 fully saturated rings. The standard InChI is InChI=1S/C15H17N3O2/c1-19-14-8-13(9-16-11-14)12-2-3-15(17-10-12)18-4-6-20-7-5-18/h2-3,8-11H,4-7H2,1H3. The number of nitrogens with zero attached hydrogens (tertiary/aromatic N) is 3. The van der Waals surface area contributed by atoms with Gasteiger partial charge in [0.15, 0.2) is 0 Å². The van der Waals surface area contributed by atoms with Crippen molar-refractivity contribution in [2.24, 2.45) is 0 Å². The average Bonchev–Trinajstić information content (AvgIpc) is 2.56. The molecule has 1 saturated heterocycles. The molecule has 0 radical (unpaired) electrons. The molecule has 5 nitrogen and oxygen atoms in total. The van der Waals surface area contributed by atoms with Gasteiger partial charge in [-0.1, -0.05) is 0 Å². The van der Waals surface area contributed by atoms with Crippen molar-refractivity contribution in [3.05, 3.63) is 36.8 Å². The van der Waals surface area contributed by atoms with Gasteiger partial charge in [0.1, 0.15) is 11.6 Å². The van der Waals surface area contributed by atoms with E-state index in [4.69, 9.17) is 9.47 Å². The number of morpholine rings is 1. The average molecular weight is 271 g/mol. The minimum absolute atomic E-state index is 0.750. The van der Waals surface area contributed by atoms with Crippen LogP contribution in [0.25, 0.3) is 11.1 Å². The lowest BCUT2D eigenvalue weighted by molar-refractivity contribution is 0.122. The maximum absolute atomic E-state index is 5.35. The van der Waals surface area contributed by atoms with Crippen molar-refractivity contribution in [2.45, 2.75) is 0 Å². The van der Waals surface area contributed by atoms with E-state index < -0.39 is 0 Å². The number of anilines is 1. The first-order chi connectivity index (χ1) is 9.86. The van der Waals surface area contributed by atoms with E-state index in [9.17, 15) is 0 Å². The van der Waals surface area contributed by atoms with Gasteiger partial charge in [-0.05, 0) is 18.2 Å². The lowest BCUT2D eigenvalue weighted by atomic mass is 10.1. The summed E-state index contributed by atoms with van der Waals surface area (Å²) in [6.07, 6.45) is 5.38. The van der Waals surface area contributed by atoms with Gasteiger partial charge >= 0.3 is 0 Å². The minimum atomic E-state index is 0.750. The highest BCUT2D eigenvalue weighted by molar-refractivity contribution is 5.64. The Morgan fingerprint density at radius 1 is 1.10 bits per heavy atom. The molecule has 0 saturated carbocycles. The first-order valence-corrected chi connectivity index (χ1v) is 6.65. The lowest BCUT2D eigenvalue weighted by Gasteiger charge is -2.27. The van der Waals surface area contributed by atoms with Gasteiger partial charge in [-0.2, -0.15) is 0 Å². The molecule has 0 N–H and O–H groups in total. The van der Waals surface area contributed by atoms with E-state index in [-0.39, 0.29) is 0 Å². The van der Waals surface area contributed by atoms with Crippen molar-refractivity contribution >= 4 is 5.82 Å². The summed E-state index contributed by atoms with van der Waals surface area (Å²) in [5.41, 5.74) is 2.04. The molecule has 5 heteroatoms. The Balaban J connectivity index is 1.81. The van der Waals surface area contributed by atoms with Crippen LogP contribution in [0.1, 0.15) is 0 Å². The summed E-state index contributed by atoms with van der Waals surface area (Å²) in [6, 6.07) is 6.06. The molecular weight excluding hydrogens is 254 g/mol. The topological polar surface area (TPSA) is 47.5 Å². The second-order valence-electron chi connectivity index (χ2n) is 4.62. The molecule has 0 aromatic carbocycles. The van der Waals surface area contributed by atoms with E-state index in [0.717, 1.165) is 49.0 Å². The molecule has 2 aromatic rings. The van der Waals surface area contributed by atoms with Crippen molar-refractivity contribution in [1.29, 1.82) is 0 Å². The maximum atomic E-state index is 5.35. The van der Waals surface area contributed by atoms with Crippen LogP contribution in [0.3, 0.4) is 0 Å². The van der Waals surface area contributed by atoms with Crippen LogP contribution in [0.15, 0.2) is 36.8 Å². The smallest absolute Gasteiger partial charge is 0.137 e. The second kappa shape index (κ2) is 5.88. The highest BCUT2D eigenvalue weighted by Crippen LogP contribution is 2.23. The van der Waals surface area contributed by atoms with Gasteiger partial charge in [-0.15, -0.1) is 0 Å². The number of pyridine rings is 2. The monoisotopic (exact) mass is 271 g/mol. The zero-order valence-electron chi connectivity index (χ0n) is 11.5. The van der Waals surface area contributed by atoms with Crippen LogP contribution in [-0.4, -0.2) is 43.4 Å². The molecule has 0 aliphatic carbocycles. The van der Waals surface area contributed by atoms with Crippen LogP contribution in [-0.2, 0) is 4.74 Å². The molecule has 0 spiro atoms. The van der Waals surface area contributed by atoms with Crippen LogP contribution in [0.2, 0.25) is 0 Å². The molecule has 0 atom stereocenters. The highest BCUT2D eigenvalue weighted by Gasteiger charge is 2.12. The fourth-order valence-corrected chi connectivity index (χ4v) is 2.22. The lowest BCUT2D eigenvalue weighted by Crippen LogP contribution is -2.36. The second-order valence-corrected chi connectivity index (χ2v) is 4.62. The fourth-order valence-electron chi connectivity index (χ4n) is 2.22. The van der Waals surface area contributed by atoms with E-state index in [2.05, 4.69) is 20.9 Å². The van der Waals surface area contributed by atoms with Crippen molar-refractivity contribution in [3.8, 4) is 16.9 Å². The molecule has 104 valence electrons. The summed E-state index contributed by atoms with van der Waals surface area (Å²) in [5, 5.41) is 0. The minimum Gasteiger partial charge on any atom is -0.495 e. The SMILES string of the molecule is COc1cncc(-c2ccc(N3CCOCC3)nc2)c1. The Bertz CT molecular complexity index is 566. The first-order valence-electron chi connectivity index (χ1n) is 6.65. The van der Waals surface area contributed by atoms with E-state index in [1.807, 2.05) is 24.5 Å². The molecule has 1 aliphatic rings. The number of methoxy groups -OCH3 is 1. The molecule has 1 aliphatic heterocycles. The maximum Gasteiger partial charge on any atom is 0.137 e. The summed E-state index contributed by atoms with van der Waals surface area (Å²) in [6.45, 7) is 3.33. The molecule has 0 amide bonds. The van der Waals surface area contributed by atoms with Crippen molar-refractivity contribution in [3.63, 3.8) is 0 Å². The van der Waals surface area contributed by atoms with Gasteiger partial charge in [-0.25, -0.2) is 4.98 Å². The van der Waals surface area contributed by atoms with Crippen LogP contribution >= 0.6 is 0 Å². The van der Waals surface area contributed by atoms with Gasteiger partial charge in [-0.3, -0.25) is 4.98 Å².